The molecule has 6 heteroatoms. The number of hydrogen-bond donors (Lipinski definition) is 1. The van der Waals surface area contributed by atoms with Crippen molar-refractivity contribution >= 4 is 59.4 Å². The average Bonchev–Trinajstić information content (AvgIpc) is 2.34. The number of anilines is 1. The third-order valence-corrected chi connectivity index (χ3v) is 4.16. The number of aryl methyl sites for hydroxylation is 1. The Labute approximate surface area is 141 Å². The Balaban J connectivity index is 2.30. The molecule has 1 amide bonds. The number of carbonyl (C=O) groups is 1. The fraction of sp³-hybridized carbons (Fsp3) is 0.0714. The SMILES string of the molecule is Cc1cc(F)c(Br)cc1NC(=O)c1cc(Br)cc(Br)c1. The molecule has 0 unspecified atom stereocenters. The number of carbonyl (C=O) groups excluding carboxylic acids is 1. The highest BCUT2D eigenvalue weighted by atomic mass is 79.9. The van der Waals surface area contributed by atoms with Crippen LogP contribution in [0.1, 0.15) is 15.9 Å². The van der Waals surface area contributed by atoms with Gasteiger partial charge in [-0.15, -0.1) is 0 Å². The predicted molar refractivity (Wildman–Crippen MR) is 88.6 cm³/mol. The lowest BCUT2D eigenvalue weighted by Gasteiger charge is -2.10. The first kappa shape index (κ1) is 15.7. The third kappa shape index (κ3) is 3.68. The molecule has 104 valence electrons. The third-order valence-electron chi connectivity index (χ3n) is 2.64. The van der Waals surface area contributed by atoms with E-state index in [9.17, 15) is 9.18 Å². The monoisotopic (exact) mass is 463 g/mol. The van der Waals surface area contributed by atoms with Gasteiger partial charge in [0, 0.05) is 20.2 Å². The Morgan fingerprint density at radius 1 is 1.05 bits per heavy atom. The first-order valence-electron chi connectivity index (χ1n) is 5.60. The molecule has 0 radical (unpaired) electrons. The minimum absolute atomic E-state index is 0.256. The van der Waals surface area contributed by atoms with E-state index in [1.54, 1.807) is 25.1 Å². The predicted octanol–water partition coefficient (Wildman–Crippen LogP) is 5.67. The average molecular weight is 466 g/mol. The molecular formula is C14H9Br3FNO. The highest BCUT2D eigenvalue weighted by molar-refractivity contribution is 9.11. The zero-order chi connectivity index (χ0) is 14.9. The van der Waals surface area contributed by atoms with Crippen molar-refractivity contribution in [3.63, 3.8) is 0 Å². The van der Waals surface area contributed by atoms with Crippen LogP contribution in [0.5, 0.6) is 0 Å². The maximum atomic E-state index is 13.4. The molecule has 0 saturated carbocycles. The number of hydrogen-bond acceptors (Lipinski definition) is 1. The van der Waals surface area contributed by atoms with Gasteiger partial charge in [-0.25, -0.2) is 4.39 Å². The van der Waals surface area contributed by atoms with Crippen molar-refractivity contribution in [3.05, 3.63) is 60.7 Å². The van der Waals surface area contributed by atoms with E-state index < -0.39 is 0 Å². The molecule has 0 heterocycles. The lowest BCUT2D eigenvalue weighted by Crippen LogP contribution is -2.13. The lowest BCUT2D eigenvalue weighted by molar-refractivity contribution is 0.102. The summed E-state index contributed by atoms with van der Waals surface area (Å²) in [6, 6.07) is 8.20. The topological polar surface area (TPSA) is 29.1 Å². The molecule has 0 atom stereocenters. The Morgan fingerprint density at radius 3 is 2.25 bits per heavy atom. The molecule has 0 fully saturated rings. The van der Waals surface area contributed by atoms with Crippen LogP contribution in [0.3, 0.4) is 0 Å². The molecule has 2 aromatic carbocycles. The van der Waals surface area contributed by atoms with Crippen molar-refractivity contribution in [2.75, 3.05) is 5.32 Å². The van der Waals surface area contributed by atoms with E-state index in [4.69, 9.17) is 0 Å². The van der Waals surface area contributed by atoms with Crippen LogP contribution < -0.4 is 5.32 Å². The molecule has 0 aliphatic carbocycles. The number of halogens is 4. The summed E-state index contributed by atoms with van der Waals surface area (Å²) in [7, 11) is 0. The van der Waals surface area contributed by atoms with Crippen LogP contribution in [0.4, 0.5) is 10.1 Å². The maximum Gasteiger partial charge on any atom is 0.255 e. The molecule has 20 heavy (non-hydrogen) atoms. The van der Waals surface area contributed by atoms with Gasteiger partial charge in [0.15, 0.2) is 0 Å². The van der Waals surface area contributed by atoms with Crippen LogP contribution in [0, 0.1) is 12.7 Å². The summed E-state index contributed by atoms with van der Waals surface area (Å²) in [6.07, 6.45) is 0. The Kier molecular flexibility index (Phi) is 4.99. The first-order chi connectivity index (χ1) is 9.36. The molecule has 2 nitrogen and oxygen atoms in total. The van der Waals surface area contributed by atoms with Gasteiger partial charge in [0.1, 0.15) is 5.82 Å². The van der Waals surface area contributed by atoms with Crippen LogP contribution in [0.2, 0.25) is 0 Å². The van der Waals surface area contributed by atoms with Gasteiger partial charge in [0.05, 0.1) is 4.47 Å². The summed E-state index contributed by atoms with van der Waals surface area (Å²) in [6.45, 7) is 1.74. The van der Waals surface area contributed by atoms with Crippen molar-refractivity contribution in [2.24, 2.45) is 0 Å². The van der Waals surface area contributed by atoms with Crippen LogP contribution in [-0.4, -0.2) is 5.91 Å². The van der Waals surface area contributed by atoms with E-state index in [1.807, 2.05) is 6.07 Å². The van der Waals surface area contributed by atoms with Gasteiger partial charge in [-0.1, -0.05) is 31.9 Å². The van der Waals surface area contributed by atoms with E-state index in [-0.39, 0.29) is 11.7 Å². The Hall–Kier alpha value is -0.720. The second-order valence-electron chi connectivity index (χ2n) is 4.19. The smallest absolute Gasteiger partial charge is 0.255 e. The molecule has 2 aromatic rings. The summed E-state index contributed by atoms with van der Waals surface area (Å²) in [5.74, 6) is -0.612. The van der Waals surface area contributed by atoms with Crippen molar-refractivity contribution < 1.29 is 9.18 Å². The molecule has 1 N–H and O–H groups in total. The van der Waals surface area contributed by atoms with Crippen LogP contribution in [0.15, 0.2) is 43.7 Å². The second kappa shape index (κ2) is 6.37. The highest BCUT2D eigenvalue weighted by Gasteiger charge is 2.11. The number of nitrogens with one attached hydrogen (secondary N) is 1. The molecule has 0 aliphatic heterocycles. The van der Waals surface area contributed by atoms with Crippen molar-refractivity contribution in [3.8, 4) is 0 Å². The number of amides is 1. The largest absolute Gasteiger partial charge is 0.322 e. The summed E-state index contributed by atoms with van der Waals surface area (Å²) >= 11 is 9.78. The quantitative estimate of drug-likeness (QED) is 0.608. The molecule has 0 bridgehead atoms. The van der Waals surface area contributed by atoms with Crippen LogP contribution in [-0.2, 0) is 0 Å². The van der Waals surface area contributed by atoms with Crippen LogP contribution >= 0.6 is 47.8 Å². The normalized spacial score (nSPS) is 10.4. The fourth-order valence-electron chi connectivity index (χ4n) is 1.66. The van der Waals surface area contributed by atoms with E-state index >= 15 is 0 Å². The molecular weight excluding hydrogens is 457 g/mol. The van der Waals surface area contributed by atoms with Gasteiger partial charge in [-0.05, 0) is 58.7 Å². The summed E-state index contributed by atoms with van der Waals surface area (Å²) in [4.78, 5) is 12.2. The molecule has 0 aliphatic rings. The summed E-state index contributed by atoms with van der Waals surface area (Å²) in [5.41, 5.74) is 1.73. The van der Waals surface area contributed by atoms with Crippen molar-refractivity contribution in [1.29, 1.82) is 0 Å². The Morgan fingerprint density at radius 2 is 1.65 bits per heavy atom. The van der Waals surface area contributed by atoms with Gasteiger partial charge in [0.25, 0.3) is 5.91 Å². The first-order valence-corrected chi connectivity index (χ1v) is 7.98. The number of rotatable bonds is 2. The van der Waals surface area contributed by atoms with E-state index in [2.05, 4.69) is 53.1 Å². The lowest BCUT2D eigenvalue weighted by atomic mass is 10.1. The van der Waals surface area contributed by atoms with Gasteiger partial charge in [0.2, 0.25) is 0 Å². The summed E-state index contributed by atoms with van der Waals surface area (Å²) < 4.78 is 15.3. The molecule has 2 rings (SSSR count). The molecule has 0 saturated heterocycles. The molecule has 0 aromatic heterocycles. The van der Waals surface area contributed by atoms with E-state index in [1.165, 1.54) is 6.07 Å². The maximum absolute atomic E-state index is 13.4. The fourth-order valence-corrected chi connectivity index (χ4v) is 3.30. The van der Waals surface area contributed by atoms with Gasteiger partial charge in [-0.2, -0.15) is 0 Å². The Bertz CT molecular complexity index is 668. The van der Waals surface area contributed by atoms with Gasteiger partial charge in [-0.3, -0.25) is 4.79 Å². The molecule has 0 spiro atoms. The van der Waals surface area contributed by atoms with E-state index in [0.29, 0.717) is 21.3 Å². The minimum atomic E-state index is -0.356. The van der Waals surface area contributed by atoms with E-state index in [0.717, 1.165) is 8.95 Å². The summed E-state index contributed by atoms with van der Waals surface area (Å²) in [5, 5.41) is 2.77. The second-order valence-corrected chi connectivity index (χ2v) is 6.88. The minimum Gasteiger partial charge on any atom is -0.322 e. The number of benzene rings is 2. The van der Waals surface area contributed by atoms with Gasteiger partial charge < -0.3 is 5.32 Å². The van der Waals surface area contributed by atoms with Crippen LogP contribution in [0.25, 0.3) is 0 Å². The zero-order valence-corrected chi connectivity index (χ0v) is 15.1. The highest BCUT2D eigenvalue weighted by Crippen LogP contribution is 2.26. The standard InChI is InChI=1S/C14H9Br3FNO/c1-7-2-12(18)11(17)6-13(7)19-14(20)8-3-9(15)5-10(16)4-8/h2-6H,1H3,(H,19,20). The van der Waals surface area contributed by atoms with Gasteiger partial charge >= 0.3 is 0 Å². The van der Waals surface area contributed by atoms with Crippen molar-refractivity contribution in [2.45, 2.75) is 6.92 Å². The zero-order valence-electron chi connectivity index (χ0n) is 10.3. The van der Waals surface area contributed by atoms with Crippen molar-refractivity contribution in [1.82, 2.24) is 0 Å².